The molecule has 1 heterocycles. The van der Waals surface area contributed by atoms with Crippen molar-refractivity contribution in [1.29, 1.82) is 0 Å². The number of carbonyl (C=O) groups is 2. The van der Waals surface area contributed by atoms with E-state index in [0.717, 1.165) is 22.2 Å². The van der Waals surface area contributed by atoms with Gasteiger partial charge in [0.05, 0.1) is 17.2 Å². The standard InChI is InChI=1S/C20H18ClNO3S/c1-13(2)12-25-17-9-4-3-6-14(17)10-18-19(23)22(20(24)26-18)16-8-5-7-15(21)11-16/h3-11,13H,12H2,1-2H3/b18-10-. The number of anilines is 1. The quantitative estimate of drug-likeness (QED) is 0.625. The number of imide groups is 1. The van der Waals surface area contributed by atoms with Gasteiger partial charge in [0.15, 0.2) is 0 Å². The van der Waals surface area contributed by atoms with Crippen LogP contribution in [0.3, 0.4) is 0 Å². The van der Waals surface area contributed by atoms with E-state index in [4.69, 9.17) is 16.3 Å². The fourth-order valence-corrected chi connectivity index (χ4v) is 3.45. The van der Waals surface area contributed by atoms with Crippen LogP contribution in [0.4, 0.5) is 10.5 Å². The van der Waals surface area contributed by atoms with Gasteiger partial charge in [0.2, 0.25) is 0 Å². The van der Waals surface area contributed by atoms with Gasteiger partial charge in [-0.1, -0.05) is 49.7 Å². The van der Waals surface area contributed by atoms with Crippen LogP contribution in [0.5, 0.6) is 5.75 Å². The molecule has 4 nitrogen and oxygen atoms in total. The second-order valence-corrected chi connectivity index (χ2v) is 7.67. The molecule has 0 atom stereocenters. The molecular weight excluding hydrogens is 370 g/mol. The molecule has 6 heteroatoms. The lowest BCUT2D eigenvalue weighted by Gasteiger charge is -2.13. The Morgan fingerprint density at radius 1 is 1.15 bits per heavy atom. The van der Waals surface area contributed by atoms with Gasteiger partial charge in [0, 0.05) is 10.6 Å². The van der Waals surface area contributed by atoms with E-state index >= 15 is 0 Å². The van der Waals surface area contributed by atoms with Crippen LogP contribution in [0.15, 0.2) is 53.4 Å². The van der Waals surface area contributed by atoms with E-state index in [1.807, 2.05) is 24.3 Å². The van der Waals surface area contributed by atoms with Crippen molar-refractivity contribution in [2.24, 2.45) is 5.92 Å². The van der Waals surface area contributed by atoms with Gasteiger partial charge in [-0.2, -0.15) is 0 Å². The highest BCUT2D eigenvalue weighted by Crippen LogP contribution is 2.37. The Hall–Kier alpha value is -2.24. The van der Waals surface area contributed by atoms with Crippen LogP contribution in [0.25, 0.3) is 6.08 Å². The monoisotopic (exact) mass is 387 g/mol. The third-order valence-corrected chi connectivity index (χ3v) is 4.74. The van der Waals surface area contributed by atoms with Gasteiger partial charge in [-0.25, -0.2) is 4.90 Å². The summed E-state index contributed by atoms with van der Waals surface area (Å²) < 4.78 is 5.82. The van der Waals surface area contributed by atoms with Crippen molar-refractivity contribution in [2.75, 3.05) is 11.5 Å². The molecular formula is C20H18ClNO3S. The van der Waals surface area contributed by atoms with Crippen molar-refractivity contribution in [2.45, 2.75) is 13.8 Å². The normalized spacial score (nSPS) is 16.0. The number of para-hydroxylation sites is 1. The highest BCUT2D eigenvalue weighted by Gasteiger charge is 2.36. The summed E-state index contributed by atoms with van der Waals surface area (Å²) in [6.45, 7) is 4.72. The first kappa shape index (κ1) is 18.5. The predicted molar refractivity (Wildman–Crippen MR) is 107 cm³/mol. The Kier molecular flexibility index (Phi) is 5.69. The van der Waals surface area contributed by atoms with Crippen molar-refractivity contribution >= 4 is 46.3 Å². The van der Waals surface area contributed by atoms with Crippen molar-refractivity contribution in [3.05, 3.63) is 64.0 Å². The number of nitrogens with zero attached hydrogens (tertiary/aromatic N) is 1. The van der Waals surface area contributed by atoms with E-state index in [-0.39, 0.29) is 11.1 Å². The third-order valence-electron chi connectivity index (χ3n) is 3.64. The number of benzene rings is 2. The number of ether oxygens (including phenoxy) is 1. The molecule has 1 aliphatic heterocycles. The smallest absolute Gasteiger partial charge is 0.298 e. The lowest BCUT2D eigenvalue weighted by atomic mass is 10.1. The SMILES string of the molecule is CC(C)COc1ccccc1/C=C1\SC(=O)N(c2cccc(Cl)c2)C1=O. The maximum absolute atomic E-state index is 12.7. The summed E-state index contributed by atoms with van der Waals surface area (Å²) in [5.74, 6) is 0.717. The van der Waals surface area contributed by atoms with Crippen LogP contribution in [-0.2, 0) is 4.79 Å². The maximum atomic E-state index is 12.7. The first-order valence-electron chi connectivity index (χ1n) is 8.21. The summed E-state index contributed by atoms with van der Waals surface area (Å²) in [5.41, 5.74) is 1.23. The van der Waals surface area contributed by atoms with Crippen molar-refractivity contribution in [3.8, 4) is 5.75 Å². The number of carbonyl (C=O) groups excluding carboxylic acids is 2. The zero-order valence-corrected chi connectivity index (χ0v) is 16.0. The Morgan fingerprint density at radius 2 is 1.92 bits per heavy atom. The van der Waals surface area contributed by atoms with E-state index in [1.54, 1.807) is 30.3 Å². The zero-order valence-electron chi connectivity index (χ0n) is 14.4. The minimum Gasteiger partial charge on any atom is -0.493 e. The van der Waals surface area contributed by atoms with E-state index < -0.39 is 0 Å². The molecule has 2 aromatic rings. The number of hydrogen-bond acceptors (Lipinski definition) is 4. The first-order chi connectivity index (χ1) is 12.5. The average Bonchev–Trinajstić information content (AvgIpc) is 2.87. The molecule has 0 aromatic heterocycles. The minimum absolute atomic E-state index is 0.343. The molecule has 0 N–H and O–H groups in total. The van der Waals surface area contributed by atoms with Gasteiger partial charge in [-0.15, -0.1) is 0 Å². The molecule has 1 aliphatic rings. The van der Waals surface area contributed by atoms with E-state index in [0.29, 0.717) is 33.9 Å². The van der Waals surface area contributed by atoms with Crippen LogP contribution in [0, 0.1) is 5.92 Å². The molecule has 1 saturated heterocycles. The van der Waals surface area contributed by atoms with Gasteiger partial charge in [-0.3, -0.25) is 9.59 Å². The third kappa shape index (κ3) is 4.11. The van der Waals surface area contributed by atoms with E-state index in [2.05, 4.69) is 13.8 Å². The van der Waals surface area contributed by atoms with Crippen molar-refractivity contribution < 1.29 is 14.3 Å². The highest BCUT2D eigenvalue weighted by atomic mass is 35.5. The highest BCUT2D eigenvalue weighted by molar-refractivity contribution is 8.19. The number of halogens is 1. The fourth-order valence-electron chi connectivity index (χ4n) is 2.43. The molecule has 3 rings (SSSR count). The molecule has 134 valence electrons. The van der Waals surface area contributed by atoms with Gasteiger partial charge < -0.3 is 4.74 Å². The minimum atomic E-state index is -0.360. The van der Waals surface area contributed by atoms with Gasteiger partial charge in [-0.05, 0) is 48.0 Å². The molecule has 0 spiro atoms. The molecule has 0 bridgehead atoms. The molecule has 2 amide bonds. The summed E-state index contributed by atoms with van der Waals surface area (Å²) in [6, 6.07) is 14.2. The molecule has 0 unspecified atom stereocenters. The van der Waals surface area contributed by atoms with Crippen LogP contribution in [0.2, 0.25) is 5.02 Å². The molecule has 0 aliphatic carbocycles. The van der Waals surface area contributed by atoms with Gasteiger partial charge in [0.25, 0.3) is 11.1 Å². The molecule has 1 fully saturated rings. The zero-order chi connectivity index (χ0) is 18.7. The summed E-state index contributed by atoms with van der Waals surface area (Å²) in [4.78, 5) is 26.6. The Morgan fingerprint density at radius 3 is 2.65 bits per heavy atom. The molecule has 2 aromatic carbocycles. The van der Waals surface area contributed by atoms with Crippen LogP contribution in [0.1, 0.15) is 19.4 Å². The summed E-state index contributed by atoms with van der Waals surface area (Å²) >= 11 is 6.89. The second-order valence-electron chi connectivity index (χ2n) is 6.24. The van der Waals surface area contributed by atoms with Crippen molar-refractivity contribution in [1.82, 2.24) is 0 Å². The van der Waals surface area contributed by atoms with Crippen LogP contribution < -0.4 is 9.64 Å². The van der Waals surface area contributed by atoms with E-state index in [1.165, 1.54) is 0 Å². The van der Waals surface area contributed by atoms with E-state index in [9.17, 15) is 9.59 Å². The number of thioether (sulfide) groups is 1. The molecule has 0 saturated carbocycles. The first-order valence-corrected chi connectivity index (χ1v) is 9.40. The largest absolute Gasteiger partial charge is 0.493 e. The van der Waals surface area contributed by atoms with Crippen LogP contribution in [-0.4, -0.2) is 17.8 Å². The number of hydrogen-bond donors (Lipinski definition) is 0. The lowest BCUT2D eigenvalue weighted by Crippen LogP contribution is -2.27. The number of rotatable bonds is 5. The lowest BCUT2D eigenvalue weighted by molar-refractivity contribution is -0.113. The van der Waals surface area contributed by atoms with Gasteiger partial charge >= 0.3 is 0 Å². The molecule has 0 radical (unpaired) electrons. The summed E-state index contributed by atoms with van der Waals surface area (Å²) in [6.07, 6.45) is 1.70. The second kappa shape index (κ2) is 7.98. The van der Waals surface area contributed by atoms with Crippen LogP contribution >= 0.6 is 23.4 Å². The predicted octanol–water partition coefficient (Wildman–Crippen LogP) is 5.62. The Labute approximate surface area is 161 Å². The number of amides is 2. The summed E-state index contributed by atoms with van der Waals surface area (Å²) in [5, 5.41) is 0.127. The Bertz CT molecular complexity index is 879. The van der Waals surface area contributed by atoms with Crippen molar-refractivity contribution in [3.63, 3.8) is 0 Å². The Balaban J connectivity index is 1.89. The fraction of sp³-hybridized carbons (Fsp3) is 0.200. The molecule has 26 heavy (non-hydrogen) atoms. The topological polar surface area (TPSA) is 46.6 Å². The van der Waals surface area contributed by atoms with Gasteiger partial charge in [0.1, 0.15) is 5.75 Å². The maximum Gasteiger partial charge on any atom is 0.298 e. The average molecular weight is 388 g/mol. The summed E-state index contributed by atoms with van der Waals surface area (Å²) in [7, 11) is 0.